The van der Waals surface area contributed by atoms with Gasteiger partial charge in [0.15, 0.2) is 5.84 Å². The van der Waals surface area contributed by atoms with Gasteiger partial charge in [-0.25, -0.2) is 10.8 Å². The monoisotopic (exact) mass is 481 g/mol. The maximum atomic E-state index is 12.9. The van der Waals surface area contributed by atoms with Crippen molar-refractivity contribution in [1.82, 2.24) is 24.8 Å². The molecule has 0 saturated carbocycles. The van der Waals surface area contributed by atoms with Gasteiger partial charge in [-0.2, -0.15) is 5.10 Å². The molecule has 1 amide bonds. The van der Waals surface area contributed by atoms with E-state index in [1.165, 1.54) is 7.05 Å². The van der Waals surface area contributed by atoms with Gasteiger partial charge in [-0.1, -0.05) is 6.07 Å². The Morgan fingerprint density at radius 2 is 1.94 bits per heavy atom. The molecule has 3 rings (SSSR count). The summed E-state index contributed by atoms with van der Waals surface area (Å²) in [5, 5.41) is 25.7. The van der Waals surface area contributed by atoms with Gasteiger partial charge in [-0.05, 0) is 71.0 Å². The lowest BCUT2D eigenvalue weighted by atomic mass is 10.0. The molecule has 0 aliphatic rings. The van der Waals surface area contributed by atoms with E-state index in [-0.39, 0.29) is 35.2 Å². The van der Waals surface area contributed by atoms with Gasteiger partial charge in [-0.3, -0.25) is 24.9 Å². The number of hydrazine groups is 1. The largest absolute Gasteiger partial charge is 0.394 e. The Hall–Kier alpha value is -3.67. The molecule has 0 bridgehead atoms. The predicted molar refractivity (Wildman–Crippen MR) is 137 cm³/mol. The Morgan fingerprint density at radius 3 is 2.54 bits per heavy atom. The van der Waals surface area contributed by atoms with Crippen LogP contribution >= 0.6 is 0 Å². The average molecular weight is 482 g/mol. The summed E-state index contributed by atoms with van der Waals surface area (Å²) in [5.41, 5.74) is 7.53. The van der Waals surface area contributed by atoms with E-state index in [9.17, 15) is 9.90 Å². The Labute approximate surface area is 205 Å². The third kappa shape index (κ3) is 6.69. The minimum absolute atomic E-state index is 0.0701. The number of carbonyl (C=O) groups is 1. The Morgan fingerprint density at radius 1 is 1.26 bits per heavy atom. The molecule has 0 radical (unpaired) electrons. The second-order valence-corrected chi connectivity index (χ2v) is 8.88. The quantitative estimate of drug-likeness (QED) is 0.154. The average Bonchev–Trinajstić information content (AvgIpc) is 3.35. The molecule has 3 aromatic rings. The van der Waals surface area contributed by atoms with E-state index < -0.39 is 11.9 Å². The highest BCUT2D eigenvalue weighted by molar-refractivity contribution is 6.03. The molecule has 0 fully saturated rings. The molecule has 0 spiro atoms. The fourth-order valence-corrected chi connectivity index (χ4v) is 3.04. The molecule has 0 aliphatic carbocycles. The van der Waals surface area contributed by atoms with Gasteiger partial charge >= 0.3 is 0 Å². The van der Waals surface area contributed by atoms with E-state index in [1.807, 2.05) is 17.8 Å². The van der Waals surface area contributed by atoms with Gasteiger partial charge in [0, 0.05) is 18.0 Å². The lowest BCUT2D eigenvalue weighted by Crippen LogP contribution is -2.46. The van der Waals surface area contributed by atoms with Crippen LogP contribution in [-0.4, -0.2) is 61.3 Å². The predicted octanol–water partition coefficient (Wildman–Crippen LogP) is 2.11. The van der Waals surface area contributed by atoms with Crippen molar-refractivity contribution in [1.29, 1.82) is 5.41 Å². The fraction of sp³-hybridized carbons (Fsp3) is 0.375. The maximum absolute atomic E-state index is 12.9. The first kappa shape index (κ1) is 27.6. The molecule has 7 N–H and O–H groups in total. The highest BCUT2D eigenvalue weighted by Gasteiger charge is 2.19. The standard InChI is InChI=1S/C23H30N8O2.CH5N/c1-14-10-26-19(9-17(14)16-11-27-30(12-16)23(3,4)5)22(33)29-20-8-6-7-18(28-20)21(24)31(25)15(2)13-32;1-2/h6-12,15,24,32H,13,25H2,1-5H3,(H,28,29,33);2H2,1H3. The smallest absolute Gasteiger partial charge is 0.275 e. The third-order valence-electron chi connectivity index (χ3n) is 5.15. The molecule has 11 nitrogen and oxygen atoms in total. The summed E-state index contributed by atoms with van der Waals surface area (Å²) in [7, 11) is 1.50. The number of nitrogens with two attached hydrogens (primary N) is 2. The molecule has 0 aliphatic heterocycles. The van der Waals surface area contributed by atoms with Gasteiger partial charge in [0.2, 0.25) is 0 Å². The highest BCUT2D eigenvalue weighted by atomic mass is 16.3. The molecular weight excluding hydrogens is 446 g/mol. The number of amidine groups is 1. The minimum atomic E-state index is -0.449. The van der Waals surface area contributed by atoms with Crippen LogP contribution in [0, 0.1) is 12.3 Å². The van der Waals surface area contributed by atoms with Crippen molar-refractivity contribution in [3.8, 4) is 11.1 Å². The number of hydrogen-bond donors (Lipinski definition) is 5. The first-order valence-corrected chi connectivity index (χ1v) is 11.1. The summed E-state index contributed by atoms with van der Waals surface area (Å²) in [4.78, 5) is 21.5. The summed E-state index contributed by atoms with van der Waals surface area (Å²) in [6, 6.07) is 6.17. The van der Waals surface area contributed by atoms with Gasteiger partial charge in [-0.15, -0.1) is 0 Å². The third-order valence-corrected chi connectivity index (χ3v) is 5.15. The molecule has 0 saturated heterocycles. The molecule has 35 heavy (non-hydrogen) atoms. The Balaban J connectivity index is 0.00000210. The van der Waals surface area contributed by atoms with Gasteiger partial charge in [0.25, 0.3) is 5.91 Å². The van der Waals surface area contributed by atoms with E-state index in [0.29, 0.717) is 0 Å². The van der Waals surface area contributed by atoms with E-state index in [0.717, 1.165) is 21.7 Å². The number of hydrogen-bond acceptors (Lipinski definition) is 8. The first-order chi connectivity index (χ1) is 16.5. The van der Waals surface area contributed by atoms with Gasteiger partial charge in [0.1, 0.15) is 17.2 Å². The van der Waals surface area contributed by atoms with Crippen LogP contribution in [0.25, 0.3) is 11.1 Å². The number of pyridine rings is 2. The summed E-state index contributed by atoms with van der Waals surface area (Å²) in [6.45, 7) is 9.62. The van der Waals surface area contributed by atoms with Crippen molar-refractivity contribution in [3.63, 3.8) is 0 Å². The van der Waals surface area contributed by atoms with E-state index in [4.69, 9.17) is 11.3 Å². The van der Waals surface area contributed by atoms with E-state index >= 15 is 0 Å². The first-order valence-electron chi connectivity index (χ1n) is 11.1. The van der Waals surface area contributed by atoms with Crippen molar-refractivity contribution in [2.75, 3.05) is 19.0 Å². The van der Waals surface area contributed by atoms with Crippen LogP contribution in [0.2, 0.25) is 0 Å². The second-order valence-electron chi connectivity index (χ2n) is 8.88. The topological polar surface area (TPSA) is 172 Å². The normalized spacial score (nSPS) is 11.8. The van der Waals surface area contributed by atoms with Crippen LogP contribution < -0.4 is 16.9 Å². The van der Waals surface area contributed by atoms with Crippen LogP contribution in [-0.2, 0) is 5.54 Å². The van der Waals surface area contributed by atoms with Gasteiger partial charge in [0.05, 0.1) is 24.4 Å². The molecule has 1 unspecified atom stereocenters. The molecule has 11 heteroatoms. The van der Waals surface area contributed by atoms with Crippen LogP contribution in [0.3, 0.4) is 0 Å². The number of amides is 1. The van der Waals surface area contributed by atoms with E-state index in [1.54, 1.807) is 43.6 Å². The number of rotatable bonds is 6. The number of aryl methyl sites for hydroxylation is 1. The molecular formula is C24H35N9O2. The molecule has 0 aromatic carbocycles. The fourth-order valence-electron chi connectivity index (χ4n) is 3.04. The Bertz CT molecular complexity index is 1170. The maximum Gasteiger partial charge on any atom is 0.275 e. The number of aliphatic hydroxyl groups is 1. The number of nitrogens with one attached hydrogen (secondary N) is 2. The Kier molecular flexibility index (Phi) is 9.18. The summed E-state index contributed by atoms with van der Waals surface area (Å²) < 4.78 is 1.88. The van der Waals surface area contributed by atoms with Crippen molar-refractivity contribution in [2.45, 2.75) is 46.2 Å². The highest BCUT2D eigenvalue weighted by Crippen LogP contribution is 2.25. The zero-order chi connectivity index (χ0) is 26.3. The van der Waals surface area contributed by atoms with E-state index in [2.05, 4.69) is 46.9 Å². The molecule has 1 atom stereocenters. The second kappa shape index (κ2) is 11.6. The van der Waals surface area contributed by atoms with Crippen LogP contribution in [0.1, 0.15) is 49.4 Å². The summed E-state index contributed by atoms with van der Waals surface area (Å²) >= 11 is 0. The number of aliphatic hydroxyl groups excluding tert-OH is 1. The zero-order valence-electron chi connectivity index (χ0n) is 21.1. The van der Waals surface area contributed by atoms with Crippen molar-refractivity contribution in [2.24, 2.45) is 11.6 Å². The number of anilines is 1. The summed E-state index contributed by atoms with van der Waals surface area (Å²) in [5.74, 6) is 5.63. The van der Waals surface area contributed by atoms with Gasteiger partial charge < -0.3 is 16.2 Å². The molecule has 3 heterocycles. The van der Waals surface area contributed by atoms with Crippen LogP contribution in [0.15, 0.2) is 42.9 Å². The number of aromatic nitrogens is 4. The molecule has 3 aromatic heterocycles. The summed E-state index contributed by atoms with van der Waals surface area (Å²) in [6.07, 6.45) is 5.38. The lowest BCUT2D eigenvalue weighted by Gasteiger charge is -2.24. The molecule has 188 valence electrons. The van der Waals surface area contributed by atoms with Crippen LogP contribution in [0.4, 0.5) is 5.82 Å². The van der Waals surface area contributed by atoms with Crippen LogP contribution in [0.5, 0.6) is 0 Å². The minimum Gasteiger partial charge on any atom is -0.394 e. The van der Waals surface area contributed by atoms with Crippen molar-refractivity contribution in [3.05, 3.63) is 59.8 Å². The van der Waals surface area contributed by atoms with Crippen molar-refractivity contribution < 1.29 is 9.90 Å². The lowest BCUT2D eigenvalue weighted by molar-refractivity contribution is 0.102. The van der Waals surface area contributed by atoms with Crippen molar-refractivity contribution >= 4 is 17.6 Å². The SMILES string of the molecule is CN.Cc1cnc(C(=O)Nc2cccc(C(=N)N(N)C(C)CO)n2)cc1-c1cnn(C(C)(C)C)c1. The zero-order valence-corrected chi connectivity index (χ0v) is 21.1. The number of nitrogens with zero attached hydrogens (tertiary/aromatic N) is 5. The number of carbonyl (C=O) groups excluding carboxylic acids is 1.